The van der Waals surface area contributed by atoms with Crippen LogP contribution in [0.5, 0.6) is 11.5 Å². The number of likely N-dealkylation sites (N-methyl/N-ethyl adjacent to an activating group) is 1. The molecule has 1 saturated carbocycles. The summed E-state index contributed by atoms with van der Waals surface area (Å²) in [5.74, 6) is 2.45. The van der Waals surface area contributed by atoms with E-state index in [0.29, 0.717) is 17.9 Å². The Bertz CT molecular complexity index is 956. The second-order valence-electron chi connectivity index (χ2n) is 12.0. The molecule has 5 aliphatic rings. The van der Waals surface area contributed by atoms with Gasteiger partial charge >= 0.3 is 0 Å². The maximum absolute atomic E-state index is 10.6. The average molecular weight is 472 g/mol. The van der Waals surface area contributed by atoms with Crippen molar-refractivity contribution in [3.05, 3.63) is 35.4 Å². The molecule has 2 fully saturated rings. The highest BCUT2D eigenvalue weighted by Crippen LogP contribution is 2.62. The highest BCUT2D eigenvalue weighted by atomic mass is 16.5. The van der Waals surface area contributed by atoms with Crippen LogP contribution in [0.4, 0.5) is 0 Å². The standard InChI is InChI=1S/C18H21NO3.C10H20O2/c1-19-8-7-18-11-4-5-13(20)17(18)22-16-14(21-2)6-3-10(15(16)18)9-12(11)19;1-9(2,11)8-4-6-10(3,12)7-5-8/h3-6,11-13,17,20H,7-9H2,1-2H3;8,11-12H,4-7H2,1-3H3/t11?,12-,13?,17?,18?;/m1./s1. The third-order valence-corrected chi connectivity index (χ3v) is 9.42. The fourth-order valence-electron chi connectivity index (χ4n) is 7.33. The molecule has 0 radical (unpaired) electrons. The number of likely N-dealkylation sites (tertiary alicyclic amines) is 1. The monoisotopic (exact) mass is 471 g/mol. The van der Waals surface area contributed by atoms with Gasteiger partial charge in [-0.25, -0.2) is 0 Å². The van der Waals surface area contributed by atoms with Crippen molar-refractivity contribution >= 4 is 0 Å². The summed E-state index contributed by atoms with van der Waals surface area (Å²) in [6.45, 7) is 6.65. The van der Waals surface area contributed by atoms with Gasteiger partial charge in [-0.15, -0.1) is 0 Å². The van der Waals surface area contributed by atoms with Gasteiger partial charge in [-0.1, -0.05) is 18.2 Å². The lowest BCUT2D eigenvalue weighted by Crippen LogP contribution is -2.64. The van der Waals surface area contributed by atoms with E-state index in [1.807, 2.05) is 32.9 Å². The molecule has 2 aliphatic heterocycles. The number of methoxy groups -OCH3 is 1. The van der Waals surface area contributed by atoms with Crippen LogP contribution in [-0.4, -0.2) is 70.4 Å². The van der Waals surface area contributed by atoms with Crippen molar-refractivity contribution < 1.29 is 24.8 Å². The molecule has 1 spiro atoms. The molecule has 2 heterocycles. The van der Waals surface area contributed by atoms with Crippen LogP contribution in [0.3, 0.4) is 0 Å². The first kappa shape index (κ1) is 24.1. The minimum absolute atomic E-state index is 0.0806. The number of ether oxygens (including phenoxy) is 2. The summed E-state index contributed by atoms with van der Waals surface area (Å²) in [4.78, 5) is 2.47. The van der Waals surface area contributed by atoms with E-state index in [-0.39, 0.29) is 11.5 Å². The predicted octanol–water partition coefficient (Wildman–Crippen LogP) is 3.20. The zero-order valence-electron chi connectivity index (χ0n) is 21.3. The topological polar surface area (TPSA) is 82.4 Å². The van der Waals surface area contributed by atoms with Gasteiger partial charge in [-0.05, 0) is 90.4 Å². The molecule has 0 amide bonds. The predicted molar refractivity (Wildman–Crippen MR) is 131 cm³/mol. The molecule has 1 saturated heterocycles. The van der Waals surface area contributed by atoms with Crippen molar-refractivity contribution in [2.45, 2.75) is 94.2 Å². The van der Waals surface area contributed by atoms with E-state index in [0.717, 1.165) is 56.6 Å². The van der Waals surface area contributed by atoms with Gasteiger partial charge in [0, 0.05) is 22.9 Å². The highest BCUT2D eigenvalue weighted by molar-refractivity contribution is 5.62. The normalized spacial score (nSPS) is 40.1. The summed E-state index contributed by atoms with van der Waals surface area (Å²) in [5.41, 5.74) is 1.55. The Kier molecular flexibility index (Phi) is 5.83. The molecule has 1 aromatic rings. The van der Waals surface area contributed by atoms with Gasteiger partial charge in [0.2, 0.25) is 0 Å². The largest absolute Gasteiger partial charge is 0.493 e. The number of aliphatic hydroxyl groups excluding tert-OH is 1. The molecule has 6 rings (SSSR count). The van der Waals surface area contributed by atoms with Crippen LogP contribution in [0.25, 0.3) is 0 Å². The molecule has 1 aromatic carbocycles. The first-order valence-corrected chi connectivity index (χ1v) is 12.9. The van der Waals surface area contributed by atoms with Crippen LogP contribution in [0.15, 0.2) is 24.3 Å². The Labute approximate surface area is 203 Å². The third-order valence-electron chi connectivity index (χ3n) is 9.42. The molecule has 6 nitrogen and oxygen atoms in total. The molecule has 4 unspecified atom stereocenters. The number of aliphatic hydroxyl groups is 3. The van der Waals surface area contributed by atoms with Gasteiger partial charge < -0.3 is 29.7 Å². The second-order valence-corrected chi connectivity index (χ2v) is 12.0. The molecule has 3 aliphatic carbocycles. The number of rotatable bonds is 2. The van der Waals surface area contributed by atoms with E-state index in [9.17, 15) is 15.3 Å². The van der Waals surface area contributed by atoms with Gasteiger partial charge in [-0.2, -0.15) is 0 Å². The van der Waals surface area contributed by atoms with Crippen molar-refractivity contribution in [3.63, 3.8) is 0 Å². The van der Waals surface area contributed by atoms with Gasteiger partial charge in [0.15, 0.2) is 11.5 Å². The maximum atomic E-state index is 10.6. The number of piperidine rings is 1. The Morgan fingerprint density at radius 3 is 2.50 bits per heavy atom. The second kappa shape index (κ2) is 8.22. The Morgan fingerprint density at radius 1 is 1.15 bits per heavy atom. The van der Waals surface area contributed by atoms with E-state index >= 15 is 0 Å². The van der Waals surface area contributed by atoms with Crippen molar-refractivity contribution in [2.75, 3.05) is 20.7 Å². The van der Waals surface area contributed by atoms with Gasteiger partial charge in [0.25, 0.3) is 0 Å². The molecule has 0 aromatic heterocycles. The fourth-order valence-corrected chi connectivity index (χ4v) is 7.33. The summed E-state index contributed by atoms with van der Waals surface area (Å²) in [7, 11) is 3.91. The molecule has 5 atom stereocenters. The van der Waals surface area contributed by atoms with Gasteiger partial charge in [-0.3, -0.25) is 0 Å². The summed E-state index contributed by atoms with van der Waals surface area (Å²) in [6, 6.07) is 4.70. The van der Waals surface area contributed by atoms with Crippen LogP contribution in [0, 0.1) is 11.8 Å². The lowest BCUT2D eigenvalue weighted by atomic mass is 9.53. The Hall–Kier alpha value is -1.60. The van der Waals surface area contributed by atoms with E-state index in [1.54, 1.807) is 7.11 Å². The quantitative estimate of drug-likeness (QED) is 0.575. The van der Waals surface area contributed by atoms with Crippen LogP contribution in [0.1, 0.15) is 64.0 Å². The van der Waals surface area contributed by atoms with Crippen molar-refractivity contribution in [3.8, 4) is 11.5 Å². The Morgan fingerprint density at radius 2 is 1.85 bits per heavy atom. The van der Waals surface area contributed by atoms with E-state index < -0.39 is 17.3 Å². The lowest BCUT2D eigenvalue weighted by molar-refractivity contribution is -0.0509. The highest BCUT2D eigenvalue weighted by Gasteiger charge is 2.64. The van der Waals surface area contributed by atoms with Gasteiger partial charge in [0.05, 0.1) is 18.3 Å². The lowest BCUT2D eigenvalue weighted by Gasteiger charge is -2.56. The minimum atomic E-state index is -0.573. The maximum Gasteiger partial charge on any atom is 0.165 e. The molecule has 6 heteroatoms. The molecule has 188 valence electrons. The summed E-state index contributed by atoms with van der Waals surface area (Å²) in [6.07, 6.45) is 9.06. The molecule has 3 N–H and O–H groups in total. The Balaban J connectivity index is 0.000000172. The number of nitrogens with zero attached hydrogens (tertiary/aromatic N) is 1. The molecular weight excluding hydrogens is 430 g/mol. The average Bonchev–Trinajstić information content (AvgIpc) is 3.12. The van der Waals surface area contributed by atoms with E-state index in [2.05, 4.69) is 24.1 Å². The summed E-state index contributed by atoms with van der Waals surface area (Å²) in [5, 5.41) is 30.0. The number of hydrogen-bond donors (Lipinski definition) is 3. The summed E-state index contributed by atoms with van der Waals surface area (Å²) >= 11 is 0. The molecule has 2 bridgehead atoms. The fraction of sp³-hybridized carbons (Fsp3) is 0.714. The summed E-state index contributed by atoms with van der Waals surface area (Å²) < 4.78 is 11.8. The molecule has 34 heavy (non-hydrogen) atoms. The van der Waals surface area contributed by atoms with Gasteiger partial charge in [0.1, 0.15) is 12.2 Å². The van der Waals surface area contributed by atoms with Crippen molar-refractivity contribution in [1.29, 1.82) is 0 Å². The van der Waals surface area contributed by atoms with Crippen molar-refractivity contribution in [1.82, 2.24) is 4.90 Å². The number of benzene rings is 1. The van der Waals surface area contributed by atoms with Crippen LogP contribution in [0.2, 0.25) is 0 Å². The number of hydrogen-bond acceptors (Lipinski definition) is 6. The zero-order chi connectivity index (χ0) is 24.5. The first-order chi connectivity index (χ1) is 16.0. The molecular formula is C28H41NO5. The minimum Gasteiger partial charge on any atom is -0.493 e. The smallest absolute Gasteiger partial charge is 0.165 e. The van der Waals surface area contributed by atoms with Crippen LogP contribution < -0.4 is 9.47 Å². The van der Waals surface area contributed by atoms with Crippen molar-refractivity contribution in [2.24, 2.45) is 11.8 Å². The third kappa shape index (κ3) is 3.69. The van der Waals surface area contributed by atoms with E-state index in [1.165, 1.54) is 11.1 Å². The van der Waals surface area contributed by atoms with E-state index in [4.69, 9.17) is 9.47 Å². The SMILES string of the molecule is CC1(O)CCC(C(C)(C)O)CC1.COc1ccc2c3c1OC1C(O)C=CC4[C@@H](C2)N(C)CCC314. The zero-order valence-corrected chi connectivity index (χ0v) is 21.3. The van der Waals surface area contributed by atoms with Crippen LogP contribution >= 0.6 is 0 Å². The van der Waals surface area contributed by atoms with Crippen LogP contribution in [-0.2, 0) is 11.8 Å². The first-order valence-electron chi connectivity index (χ1n) is 12.9.